The fraction of sp³-hybridized carbons (Fsp3) is 0.300. The molecule has 0 radical (unpaired) electrons. The summed E-state index contributed by atoms with van der Waals surface area (Å²) in [6, 6.07) is 20.1. The zero-order valence-corrected chi connectivity index (χ0v) is 31.9. The Labute approximate surface area is 304 Å². The first kappa shape index (κ1) is 33.7. The molecule has 0 unspecified atom stereocenters. The fourth-order valence-electron chi connectivity index (χ4n) is 6.79. The number of aryl methyl sites for hydroxylation is 2. The fourth-order valence-corrected chi connectivity index (χ4v) is 10.2. The van der Waals surface area contributed by atoms with Gasteiger partial charge in [-0.2, -0.15) is 0 Å². The van der Waals surface area contributed by atoms with E-state index >= 15 is 0 Å². The van der Waals surface area contributed by atoms with Crippen molar-refractivity contribution in [3.8, 4) is 20.9 Å². The Balaban J connectivity index is 1.43. The molecular weight excluding hydrogens is 770 g/mol. The second-order valence-electron chi connectivity index (χ2n) is 12.6. The van der Waals surface area contributed by atoms with Crippen LogP contribution in [-0.4, -0.2) is 9.97 Å². The maximum atomic E-state index is 14.5. The van der Waals surface area contributed by atoms with Gasteiger partial charge in [-0.15, -0.1) is 22.7 Å². The molecule has 0 fully saturated rings. The van der Waals surface area contributed by atoms with Crippen LogP contribution in [0.1, 0.15) is 76.3 Å². The Kier molecular flexibility index (Phi) is 10.3. The number of fused-ring (bicyclic) bond motifs is 7. The smallest absolute Gasteiger partial charge is 0.161 e. The molecule has 0 atom stereocenters. The number of hydrogen-bond donors (Lipinski definition) is 0. The molecule has 0 bridgehead atoms. The van der Waals surface area contributed by atoms with Crippen molar-refractivity contribution in [1.82, 2.24) is 9.97 Å². The van der Waals surface area contributed by atoms with Crippen molar-refractivity contribution in [2.24, 2.45) is 0 Å². The zero-order chi connectivity index (χ0) is 33.4. The Morgan fingerprint density at radius 2 is 0.979 bits per heavy atom. The molecule has 0 N–H and O–H groups in total. The number of thiophene rings is 2. The van der Waals surface area contributed by atoms with Crippen LogP contribution in [0.3, 0.4) is 0 Å². The van der Waals surface area contributed by atoms with Gasteiger partial charge in [0.05, 0.1) is 29.6 Å². The van der Waals surface area contributed by atoms with E-state index in [1.165, 1.54) is 59.4 Å². The first-order valence-electron chi connectivity index (χ1n) is 16.9. The molecular formula is C40H36Br2F2N2S2. The lowest BCUT2D eigenvalue weighted by Gasteiger charge is -2.14. The molecule has 7 aromatic rings. The van der Waals surface area contributed by atoms with Crippen LogP contribution < -0.4 is 0 Å². The van der Waals surface area contributed by atoms with Crippen molar-refractivity contribution in [3.05, 3.63) is 91.0 Å². The normalized spacial score (nSPS) is 12.0. The lowest BCUT2D eigenvalue weighted by Crippen LogP contribution is -1.95. The molecule has 0 aliphatic heterocycles. The van der Waals surface area contributed by atoms with Gasteiger partial charge in [-0.05, 0) is 115 Å². The summed E-state index contributed by atoms with van der Waals surface area (Å²) in [6.07, 6.45) is 11.8. The minimum absolute atomic E-state index is 0.343. The molecule has 246 valence electrons. The van der Waals surface area contributed by atoms with Crippen LogP contribution in [0.2, 0.25) is 0 Å². The molecule has 48 heavy (non-hydrogen) atoms. The summed E-state index contributed by atoms with van der Waals surface area (Å²) in [5, 5.41) is 4.05. The van der Waals surface area contributed by atoms with Crippen molar-refractivity contribution < 1.29 is 8.78 Å². The maximum absolute atomic E-state index is 14.5. The van der Waals surface area contributed by atoms with Gasteiger partial charge in [0, 0.05) is 32.7 Å². The molecule has 3 heterocycles. The van der Waals surface area contributed by atoms with E-state index in [4.69, 9.17) is 9.97 Å². The first-order chi connectivity index (χ1) is 23.3. The van der Waals surface area contributed by atoms with Gasteiger partial charge in [-0.3, -0.25) is 0 Å². The molecule has 7 rings (SSSR count). The van der Waals surface area contributed by atoms with Gasteiger partial charge in [0.1, 0.15) is 0 Å². The second kappa shape index (κ2) is 14.6. The third kappa shape index (κ3) is 6.70. The molecule has 8 heteroatoms. The minimum atomic E-state index is -0.921. The number of halogens is 4. The van der Waals surface area contributed by atoms with Crippen molar-refractivity contribution in [1.29, 1.82) is 0 Å². The summed E-state index contributed by atoms with van der Waals surface area (Å²) < 4.78 is 31.2. The number of aromatic nitrogens is 2. The molecule has 0 spiro atoms. The number of benzene rings is 4. The summed E-state index contributed by atoms with van der Waals surface area (Å²) in [7, 11) is 0. The van der Waals surface area contributed by atoms with Crippen LogP contribution in [0, 0.1) is 11.6 Å². The third-order valence-corrected chi connectivity index (χ3v) is 12.7. The first-order valence-corrected chi connectivity index (χ1v) is 20.1. The van der Waals surface area contributed by atoms with Gasteiger partial charge in [-0.25, -0.2) is 18.7 Å². The number of hydrogen-bond acceptors (Lipinski definition) is 4. The predicted octanol–water partition coefficient (Wildman–Crippen LogP) is 14.6. The molecule has 2 nitrogen and oxygen atoms in total. The third-order valence-electron chi connectivity index (χ3n) is 9.23. The van der Waals surface area contributed by atoms with Gasteiger partial charge < -0.3 is 0 Å². The van der Waals surface area contributed by atoms with E-state index < -0.39 is 11.6 Å². The van der Waals surface area contributed by atoms with E-state index in [-0.39, 0.29) is 0 Å². The quantitative estimate of drug-likeness (QED) is 0.0698. The lowest BCUT2D eigenvalue weighted by atomic mass is 9.94. The van der Waals surface area contributed by atoms with E-state index in [0.717, 1.165) is 78.1 Å². The number of rotatable bonds is 12. The molecule has 3 aromatic heterocycles. The Morgan fingerprint density at radius 3 is 1.40 bits per heavy atom. The van der Waals surface area contributed by atoms with Crippen LogP contribution in [0.25, 0.3) is 64.5 Å². The van der Waals surface area contributed by atoms with Crippen LogP contribution in [0.5, 0.6) is 0 Å². The highest BCUT2D eigenvalue weighted by Crippen LogP contribution is 2.43. The SMILES string of the molecule is CCCCCCc1cc(Br)sc1-c1ccc2c3ccc(-c4sc(Br)cc4CCCCCC)cc3c3nc4cc(F)c(F)cc4nc3c2c1. The van der Waals surface area contributed by atoms with Crippen molar-refractivity contribution >= 4 is 98.1 Å². The standard InChI is InChI=1S/C40H36Br2F2N2S2/c1-3-5-7-9-11-23-19-35(41)47-39(23)25-13-15-27-28-16-14-26(40-24(20-36(42)48-40)12-10-8-6-4-2)18-30(28)38-37(29(27)17-25)45-33-21-31(43)32(44)22-34(33)46-38/h13-22H,3-12H2,1-2H3. The molecule has 0 saturated carbocycles. The summed E-state index contributed by atoms with van der Waals surface area (Å²) in [4.78, 5) is 12.5. The van der Waals surface area contributed by atoms with E-state index in [9.17, 15) is 8.78 Å². The Morgan fingerprint density at radius 1 is 0.542 bits per heavy atom. The summed E-state index contributed by atoms with van der Waals surface area (Å²) in [5.74, 6) is -1.84. The van der Waals surface area contributed by atoms with Gasteiger partial charge in [-0.1, -0.05) is 76.6 Å². The Hall–Kier alpha value is -2.78. The van der Waals surface area contributed by atoms with Crippen LogP contribution >= 0.6 is 54.5 Å². The average Bonchev–Trinajstić information content (AvgIpc) is 3.65. The highest BCUT2D eigenvalue weighted by Gasteiger charge is 2.19. The van der Waals surface area contributed by atoms with Gasteiger partial charge >= 0.3 is 0 Å². The van der Waals surface area contributed by atoms with Gasteiger partial charge in [0.2, 0.25) is 0 Å². The molecule has 0 aliphatic rings. The molecule has 4 aromatic carbocycles. The summed E-state index contributed by atoms with van der Waals surface area (Å²) in [6.45, 7) is 4.48. The Bertz CT molecular complexity index is 2130. The molecule has 0 saturated heterocycles. The largest absolute Gasteiger partial charge is 0.244 e. The maximum Gasteiger partial charge on any atom is 0.161 e. The van der Waals surface area contributed by atoms with E-state index in [1.807, 2.05) is 0 Å². The zero-order valence-electron chi connectivity index (χ0n) is 27.1. The molecule has 0 aliphatic carbocycles. The number of unbranched alkanes of at least 4 members (excludes halogenated alkanes) is 6. The van der Waals surface area contributed by atoms with E-state index in [0.29, 0.717) is 22.1 Å². The monoisotopic (exact) mass is 804 g/mol. The number of nitrogens with zero attached hydrogens (tertiary/aromatic N) is 2. The highest BCUT2D eigenvalue weighted by atomic mass is 79.9. The second-order valence-corrected chi connectivity index (χ2v) is 17.5. The minimum Gasteiger partial charge on any atom is -0.244 e. The van der Waals surface area contributed by atoms with E-state index in [1.54, 1.807) is 22.7 Å². The van der Waals surface area contributed by atoms with Crippen molar-refractivity contribution in [2.75, 3.05) is 0 Å². The van der Waals surface area contributed by atoms with Crippen LogP contribution in [-0.2, 0) is 12.8 Å². The predicted molar refractivity (Wildman–Crippen MR) is 210 cm³/mol. The topological polar surface area (TPSA) is 25.8 Å². The van der Waals surface area contributed by atoms with Gasteiger partial charge in [0.15, 0.2) is 11.6 Å². The summed E-state index contributed by atoms with van der Waals surface area (Å²) in [5.41, 5.74) is 7.03. The lowest BCUT2D eigenvalue weighted by molar-refractivity contribution is 0.510. The molecule has 0 amide bonds. The van der Waals surface area contributed by atoms with Crippen molar-refractivity contribution in [3.63, 3.8) is 0 Å². The van der Waals surface area contributed by atoms with Crippen LogP contribution in [0.15, 0.2) is 68.2 Å². The highest BCUT2D eigenvalue weighted by molar-refractivity contribution is 9.11. The van der Waals surface area contributed by atoms with Crippen LogP contribution in [0.4, 0.5) is 8.78 Å². The summed E-state index contributed by atoms with van der Waals surface area (Å²) >= 11 is 11.0. The average molecular weight is 807 g/mol. The van der Waals surface area contributed by atoms with E-state index in [2.05, 4.69) is 94.2 Å². The van der Waals surface area contributed by atoms with Gasteiger partial charge in [0.25, 0.3) is 0 Å². The van der Waals surface area contributed by atoms with Crippen molar-refractivity contribution in [2.45, 2.75) is 78.1 Å².